The Labute approximate surface area is 117 Å². The summed E-state index contributed by atoms with van der Waals surface area (Å²) < 4.78 is 0. The van der Waals surface area contributed by atoms with Crippen molar-refractivity contribution in [2.75, 3.05) is 11.9 Å². The van der Waals surface area contributed by atoms with E-state index in [2.05, 4.69) is 15.1 Å². The summed E-state index contributed by atoms with van der Waals surface area (Å²) >= 11 is 0. The summed E-state index contributed by atoms with van der Waals surface area (Å²) in [5.74, 6) is 0.684. The Morgan fingerprint density at radius 2 is 2.15 bits per heavy atom. The van der Waals surface area contributed by atoms with Gasteiger partial charge in [0.15, 0.2) is 5.84 Å². The molecule has 0 saturated heterocycles. The van der Waals surface area contributed by atoms with Crippen molar-refractivity contribution in [3.63, 3.8) is 0 Å². The van der Waals surface area contributed by atoms with E-state index in [0.717, 1.165) is 11.4 Å². The molecule has 0 bridgehead atoms. The first-order valence-corrected chi connectivity index (χ1v) is 6.18. The molecule has 0 amide bonds. The Bertz CT molecular complexity index is 626. The summed E-state index contributed by atoms with van der Waals surface area (Å²) in [5.41, 5.74) is 8.16. The molecular formula is C14H17N5O. The second-order valence-corrected chi connectivity index (χ2v) is 4.49. The predicted molar refractivity (Wildman–Crippen MR) is 77.8 cm³/mol. The fourth-order valence-corrected chi connectivity index (χ4v) is 1.96. The van der Waals surface area contributed by atoms with Crippen molar-refractivity contribution < 1.29 is 5.21 Å². The first-order chi connectivity index (χ1) is 9.61. The van der Waals surface area contributed by atoms with Gasteiger partial charge < -0.3 is 15.8 Å². The van der Waals surface area contributed by atoms with E-state index in [9.17, 15) is 0 Å². The van der Waals surface area contributed by atoms with Gasteiger partial charge in [0.05, 0.1) is 17.8 Å². The van der Waals surface area contributed by atoms with Gasteiger partial charge in [0.2, 0.25) is 0 Å². The highest BCUT2D eigenvalue weighted by Crippen LogP contribution is 2.17. The minimum atomic E-state index is 0.0390. The zero-order valence-electron chi connectivity index (χ0n) is 11.5. The van der Waals surface area contributed by atoms with Crippen LogP contribution in [-0.4, -0.2) is 28.1 Å². The van der Waals surface area contributed by atoms with Crippen LogP contribution in [0.15, 0.2) is 41.7 Å². The first kappa shape index (κ1) is 13.8. The molecule has 20 heavy (non-hydrogen) atoms. The second kappa shape index (κ2) is 6.01. The molecule has 0 atom stereocenters. The molecule has 3 N–H and O–H groups in total. The van der Waals surface area contributed by atoms with Crippen LogP contribution in [0.3, 0.4) is 0 Å². The van der Waals surface area contributed by atoms with Gasteiger partial charge in [-0.25, -0.2) is 4.98 Å². The monoisotopic (exact) mass is 271 g/mol. The van der Waals surface area contributed by atoms with Crippen LogP contribution in [0.4, 0.5) is 5.82 Å². The quantitative estimate of drug-likeness (QED) is 0.381. The average molecular weight is 271 g/mol. The van der Waals surface area contributed by atoms with E-state index in [4.69, 9.17) is 10.9 Å². The van der Waals surface area contributed by atoms with Crippen LogP contribution in [0, 0.1) is 6.92 Å². The molecule has 2 aromatic heterocycles. The van der Waals surface area contributed by atoms with Crippen LogP contribution in [0.2, 0.25) is 0 Å². The summed E-state index contributed by atoms with van der Waals surface area (Å²) in [5, 5.41) is 11.9. The van der Waals surface area contributed by atoms with E-state index in [1.807, 2.05) is 37.1 Å². The molecule has 104 valence electrons. The van der Waals surface area contributed by atoms with Crippen molar-refractivity contribution in [1.29, 1.82) is 0 Å². The van der Waals surface area contributed by atoms with E-state index >= 15 is 0 Å². The van der Waals surface area contributed by atoms with Gasteiger partial charge in [0.1, 0.15) is 5.82 Å². The summed E-state index contributed by atoms with van der Waals surface area (Å²) in [6, 6.07) is 9.38. The van der Waals surface area contributed by atoms with Crippen molar-refractivity contribution in [2.45, 2.75) is 13.5 Å². The Morgan fingerprint density at radius 3 is 2.85 bits per heavy atom. The standard InChI is InChI=1S/C14H17N5O/c1-10-5-3-6-11(17-10)9-19(2)14-12(13(15)18-20)7-4-8-16-14/h3-8,20H,9H2,1-2H3,(H2,15,18). The number of nitrogens with zero attached hydrogens (tertiary/aromatic N) is 4. The maximum Gasteiger partial charge on any atom is 0.173 e. The number of oxime groups is 1. The van der Waals surface area contributed by atoms with Crippen LogP contribution in [0.5, 0.6) is 0 Å². The molecule has 0 aliphatic carbocycles. The molecule has 0 fully saturated rings. The van der Waals surface area contributed by atoms with Gasteiger partial charge >= 0.3 is 0 Å². The minimum absolute atomic E-state index is 0.0390. The lowest BCUT2D eigenvalue weighted by Gasteiger charge is -2.20. The molecule has 0 aliphatic rings. The molecule has 0 unspecified atom stereocenters. The molecule has 6 nitrogen and oxygen atoms in total. The first-order valence-electron chi connectivity index (χ1n) is 6.18. The third kappa shape index (κ3) is 3.03. The Hall–Kier alpha value is -2.63. The Kier molecular flexibility index (Phi) is 4.14. The molecule has 2 rings (SSSR count). The van der Waals surface area contributed by atoms with Crippen LogP contribution in [0.25, 0.3) is 0 Å². The van der Waals surface area contributed by atoms with E-state index in [-0.39, 0.29) is 5.84 Å². The molecule has 6 heteroatoms. The predicted octanol–water partition coefficient (Wildman–Crippen LogP) is 1.52. The molecule has 0 aliphatic heterocycles. The molecule has 0 saturated carbocycles. The molecule has 0 spiro atoms. The van der Waals surface area contributed by atoms with Crippen molar-refractivity contribution >= 4 is 11.7 Å². The SMILES string of the molecule is Cc1cccc(CN(C)c2ncccc2/C(N)=N/O)n1. The molecule has 0 radical (unpaired) electrons. The maximum atomic E-state index is 8.82. The number of anilines is 1. The van der Waals surface area contributed by atoms with Crippen molar-refractivity contribution in [3.8, 4) is 0 Å². The lowest BCUT2D eigenvalue weighted by atomic mass is 10.2. The molecule has 2 heterocycles. The van der Waals surface area contributed by atoms with Gasteiger partial charge in [-0.3, -0.25) is 4.98 Å². The van der Waals surface area contributed by atoms with Crippen LogP contribution in [0.1, 0.15) is 17.0 Å². The fourth-order valence-electron chi connectivity index (χ4n) is 1.96. The summed E-state index contributed by atoms with van der Waals surface area (Å²) in [6.07, 6.45) is 1.67. The van der Waals surface area contributed by atoms with Gasteiger partial charge in [-0.15, -0.1) is 0 Å². The number of aromatic nitrogens is 2. The second-order valence-electron chi connectivity index (χ2n) is 4.49. The number of hydrogen-bond donors (Lipinski definition) is 2. The summed E-state index contributed by atoms with van der Waals surface area (Å²) in [7, 11) is 1.89. The van der Waals surface area contributed by atoms with Crippen LogP contribution in [-0.2, 0) is 6.54 Å². The Balaban J connectivity index is 2.28. The maximum absolute atomic E-state index is 8.82. The van der Waals surface area contributed by atoms with Gasteiger partial charge in [0.25, 0.3) is 0 Å². The average Bonchev–Trinajstić information content (AvgIpc) is 2.46. The lowest BCUT2D eigenvalue weighted by Crippen LogP contribution is -2.24. The van der Waals surface area contributed by atoms with E-state index in [0.29, 0.717) is 17.9 Å². The summed E-state index contributed by atoms with van der Waals surface area (Å²) in [4.78, 5) is 10.7. The highest BCUT2D eigenvalue weighted by atomic mass is 16.4. The lowest BCUT2D eigenvalue weighted by molar-refractivity contribution is 0.318. The minimum Gasteiger partial charge on any atom is -0.409 e. The fraction of sp³-hybridized carbons (Fsp3) is 0.214. The third-order valence-electron chi connectivity index (χ3n) is 2.88. The zero-order valence-corrected chi connectivity index (χ0v) is 11.5. The summed E-state index contributed by atoms with van der Waals surface area (Å²) in [6.45, 7) is 2.54. The topological polar surface area (TPSA) is 87.6 Å². The smallest absolute Gasteiger partial charge is 0.173 e. The van der Waals surface area contributed by atoms with Gasteiger partial charge in [-0.05, 0) is 31.2 Å². The molecule has 2 aromatic rings. The van der Waals surface area contributed by atoms with E-state index < -0.39 is 0 Å². The van der Waals surface area contributed by atoms with Crippen LogP contribution < -0.4 is 10.6 Å². The number of amidine groups is 1. The normalized spacial score (nSPS) is 11.4. The van der Waals surface area contributed by atoms with E-state index in [1.165, 1.54) is 0 Å². The van der Waals surface area contributed by atoms with Gasteiger partial charge in [-0.1, -0.05) is 11.2 Å². The molecular weight excluding hydrogens is 254 g/mol. The highest BCUT2D eigenvalue weighted by molar-refractivity contribution is 6.01. The number of pyridine rings is 2. The number of nitrogens with two attached hydrogens (primary N) is 1. The Morgan fingerprint density at radius 1 is 1.35 bits per heavy atom. The third-order valence-corrected chi connectivity index (χ3v) is 2.88. The number of rotatable bonds is 4. The zero-order chi connectivity index (χ0) is 14.5. The van der Waals surface area contributed by atoms with Gasteiger partial charge in [-0.2, -0.15) is 0 Å². The van der Waals surface area contributed by atoms with Crippen molar-refractivity contribution in [1.82, 2.24) is 9.97 Å². The van der Waals surface area contributed by atoms with Gasteiger partial charge in [0, 0.05) is 18.9 Å². The van der Waals surface area contributed by atoms with Crippen molar-refractivity contribution in [2.24, 2.45) is 10.9 Å². The number of aryl methyl sites for hydroxylation is 1. The van der Waals surface area contributed by atoms with E-state index in [1.54, 1.807) is 18.3 Å². The largest absolute Gasteiger partial charge is 0.409 e. The van der Waals surface area contributed by atoms with Crippen molar-refractivity contribution in [3.05, 3.63) is 53.5 Å². The number of hydrogen-bond acceptors (Lipinski definition) is 5. The molecule has 0 aromatic carbocycles. The highest BCUT2D eigenvalue weighted by Gasteiger charge is 2.12. The van der Waals surface area contributed by atoms with Crippen LogP contribution >= 0.6 is 0 Å².